The molecule has 3 nitrogen and oxygen atoms in total. The molecule has 0 saturated carbocycles. The van der Waals surface area contributed by atoms with E-state index in [1.54, 1.807) is 18.0 Å². The van der Waals surface area contributed by atoms with Crippen molar-refractivity contribution >= 4 is 34.3 Å². The molecule has 1 amide bonds. The van der Waals surface area contributed by atoms with Gasteiger partial charge in [-0.3, -0.25) is 9.78 Å². The van der Waals surface area contributed by atoms with Gasteiger partial charge in [0.1, 0.15) is 0 Å². The minimum atomic E-state index is -0.112. The Balaban J connectivity index is 1.89. The molecule has 104 valence electrons. The Labute approximate surface area is 127 Å². The second-order valence-corrected chi connectivity index (χ2v) is 5.44. The second kappa shape index (κ2) is 5.97. The Kier molecular flexibility index (Phi) is 3.88. The van der Waals surface area contributed by atoms with Crippen LogP contribution in [0, 0.1) is 0 Å². The van der Waals surface area contributed by atoms with Crippen LogP contribution in [0.5, 0.6) is 0 Å². The Hall–Kier alpha value is -2.33. The van der Waals surface area contributed by atoms with Crippen molar-refractivity contribution in [1.29, 1.82) is 0 Å². The molecular weight excluding hydrogens is 280 g/mol. The van der Waals surface area contributed by atoms with E-state index in [0.717, 1.165) is 21.5 Å². The van der Waals surface area contributed by atoms with Gasteiger partial charge < -0.3 is 5.32 Å². The highest BCUT2D eigenvalue weighted by Crippen LogP contribution is 2.22. The Bertz CT molecular complexity index is 779. The van der Waals surface area contributed by atoms with Crippen LogP contribution in [0.25, 0.3) is 10.9 Å². The zero-order valence-electron chi connectivity index (χ0n) is 11.5. The number of anilines is 1. The number of thioether (sulfide) groups is 1. The van der Waals surface area contributed by atoms with Gasteiger partial charge in [-0.25, -0.2) is 0 Å². The highest BCUT2D eigenvalue weighted by molar-refractivity contribution is 7.98. The highest BCUT2D eigenvalue weighted by Gasteiger charge is 2.08. The summed E-state index contributed by atoms with van der Waals surface area (Å²) in [5, 5.41) is 3.89. The number of hydrogen-bond donors (Lipinski definition) is 1. The number of nitrogens with zero attached hydrogens (tertiary/aromatic N) is 1. The van der Waals surface area contributed by atoms with E-state index in [4.69, 9.17) is 0 Å². The van der Waals surface area contributed by atoms with Gasteiger partial charge in [-0.1, -0.05) is 6.07 Å². The molecule has 0 aliphatic heterocycles. The van der Waals surface area contributed by atoms with Gasteiger partial charge in [-0.05, 0) is 54.8 Å². The third-order valence-corrected chi connectivity index (χ3v) is 3.99. The fourth-order valence-corrected chi connectivity index (χ4v) is 2.56. The lowest BCUT2D eigenvalue weighted by Gasteiger charge is -2.08. The minimum Gasteiger partial charge on any atom is -0.321 e. The van der Waals surface area contributed by atoms with Crippen molar-refractivity contribution in [1.82, 2.24) is 4.98 Å². The van der Waals surface area contributed by atoms with Crippen LogP contribution < -0.4 is 5.32 Å². The lowest BCUT2D eigenvalue weighted by Crippen LogP contribution is -2.12. The molecule has 0 atom stereocenters. The quantitative estimate of drug-likeness (QED) is 0.736. The van der Waals surface area contributed by atoms with Crippen molar-refractivity contribution in [2.45, 2.75) is 4.90 Å². The molecule has 3 rings (SSSR count). The Morgan fingerprint density at radius 2 is 1.86 bits per heavy atom. The van der Waals surface area contributed by atoms with Crippen LogP contribution in [0.3, 0.4) is 0 Å². The number of fused-ring (bicyclic) bond motifs is 1. The normalized spacial score (nSPS) is 10.5. The molecule has 0 spiro atoms. The molecule has 2 aromatic carbocycles. The fraction of sp³-hybridized carbons (Fsp3) is 0.0588. The van der Waals surface area contributed by atoms with Crippen molar-refractivity contribution in [3.8, 4) is 0 Å². The van der Waals surface area contributed by atoms with Crippen LogP contribution in [0.15, 0.2) is 65.7 Å². The van der Waals surface area contributed by atoms with Crippen molar-refractivity contribution in [3.63, 3.8) is 0 Å². The first-order chi connectivity index (χ1) is 10.3. The molecule has 0 fully saturated rings. The smallest absolute Gasteiger partial charge is 0.255 e. The summed E-state index contributed by atoms with van der Waals surface area (Å²) in [6.45, 7) is 0. The molecule has 1 N–H and O–H groups in total. The van der Waals surface area contributed by atoms with Gasteiger partial charge in [0.25, 0.3) is 5.91 Å². The summed E-state index contributed by atoms with van der Waals surface area (Å²) < 4.78 is 0. The first-order valence-electron chi connectivity index (χ1n) is 6.57. The summed E-state index contributed by atoms with van der Waals surface area (Å²) >= 11 is 1.66. The van der Waals surface area contributed by atoms with Crippen LogP contribution in [-0.4, -0.2) is 17.1 Å². The number of pyridine rings is 1. The van der Waals surface area contributed by atoms with Gasteiger partial charge >= 0.3 is 0 Å². The molecule has 0 saturated heterocycles. The third kappa shape index (κ3) is 2.90. The molecule has 0 aliphatic carbocycles. The minimum absolute atomic E-state index is 0.112. The van der Waals surface area contributed by atoms with Crippen molar-refractivity contribution in [2.24, 2.45) is 0 Å². The maximum atomic E-state index is 12.3. The van der Waals surface area contributed by atoms with Gasteiger partial charge in [0.05, 0.1) is 11.2 Å². The van der Waals surface area contributed by atoms with Crippen molar-refractivity contribution in [2.75, 3.05) is 11.6 Å². The molecule has 4 heteroatoms. The van der Waals surface area contributed by atoms with Gasteiger partial charge in [0.15, 0.2) is 0 Å². The van der Waals surface area contributed by atoms with Crippen LogP contribution in [0.1, 0.15) is 10.4 Å². The van der Waals surface area contributed by atoms with E-state index < -0.39 is 0 Å². The average molecular weight is 294 g/mol. The zero-order valence-corrected chi connectivity index (χ0v) is 12.4. The van der Waals surface area contributed by atoms with Gasteiger partial charge in [-0.15, -0.1) is 11.8 Å². The number of amides is 1. The fourth-order valence-electron chi connectivity index (χ4n) is 2.15. The van der Waals surface area contributed by atoms with Crippen LogP contribution >= 0.6 is 11.8 Å². The van der Waals surface area contributed by atoms with E-state index in [2.05, 4.69) is 10.3 Å². The van der Waals surface area contributed by atoms with E-state index in [1.165, 1.54) is 0 Å². The summed E-state index contributed by atoms with van der Waals surface area (Å²) in [6.07, 6.45) is 3.76. The summed E-state index contributed by atoms with van der Waals surface area (Å²) in [4.78, 5) is 17.7. The van der Waals surface area contributed by atoms with E-state index >= 15 is 0 Å². The van der Waals surface area contributed by atoms with Crippen molar-refractivity contribution in [3.05, 3.63) is 66.4 Å². The van der Waals surface area contributed by atoms with Crippen LogP contribution in [0.2, 0.25) is 0 Å². The maximum Gasteiger partial charge on any atom is 0.255 e. The number of carbonyl (C=O) groups is 1. The maximum absolute atomic E-state index is 12.3. The summed E-state index contributed by atoms with van der Waals surface area (Å²) in [5.74, 6) is -0.112. The molecule has 1 heterocycles. The highest BCUT2D eigenvalue weighted by atomic mass is 32.2. The molecule has 0 radical (unpaired) electrons. The summed E-state index contributed by atoms with van der Waals surface area (Å²) in [7, 11) is 0. The topological polar surface area (TPSA) is 42.0 Å². The van der Waals surface area contributed by atoms with Crippen LogP contribution in [0.4, 0.5) is 5.69 Å². The second-order valence-electron chi connectivity index (χ2n) is 4.56. The average Bonchev–Trinajstić information content (AvgIpc) is 2.55. The van der Waals surface area contributed by atoms with E-state index in [9.17, 15) is 4.79 Å². The third-order valence-electron chi connectivity index (χ3n) is 3.25. The molecule has 21 heavy (non-hydrogen) atoms. The van der Waals surface area contributed by atoms with Crippen LogP contribution in [-0.2, 0) is 0 Å². The van der Waals surface area contributed by atoms with E-state index in [-0.39, 0.29) is 5.91 Å². The standard InChI is InChI=1S/C17H14N2OS/c1-21-13-9-7-12(8-10-13)17(20)19-16-6-2-5-15-14(16)4-3-11-18-15/h2-11H,1H3,(H,19,20). The van der Waals surface area contributed by atoms with Gasteiger partial charge in [0, 0.05) is 22.0 Å². The number of nitrogens with one attached hydrogen (secondary N) is 1. The van der Waals surface area contributed by atoms with Gasteiger partial charge in [0.2, 0.25) is 0 Å². The van der Waals surface area contributed by atoms with Gasteiger partial charge in [-0.2, -0.15) is 0 Å². The number of aromatic nitrogens is 1. The monoisotopic (exact) mass is 294 g/mol. The first kappa shape index (κ1) is 13.6. The Morgan fingerprint density at radius 1 is 1.05 bits per heavy atom. The molecule has 0 bridgehead atoms. The largest absolute Gasteiger partial charge is 0.321 e. The summed E-state index contributed by atoms with van der Waals surface area (Å²) in [6, 6.07) is 17.1. The lowest BCUT2D eigenvalue weighted by atomic mass is 10.1. The lowest BCUT2D eigenvalue weighted by molar-refractivity contribution is 0.102. The number of benzene rings is 2. The molecule has 0 unspecified atom stereocenters. The molecular formula is C17H14N2OS. The SMILES string of the molecule is CSc1ccc(C(=O)Nc2cccc3ncccc23)cc1. The Morgan fingerprint density at radius 3 is 2.62 bits per heavy atom. The molecule has 0 aliphatic rings. The van der Waals surface area contributed by atoms with Crippen molar-refractivity contribution < 1.29 is 4.79 Å². The zero-order chi connectivity index (χ0) is 14.7. The predicted octanol–water partition coefficient (Wildman–Crippen LogP) is 4.21. The number of hydrogen-bond acceptors (Lipinski definition) is 3. The number of rotatable bonds is 3. The molecule has 3 aromatic rings. The predicted molar refractivity (Wildman–Crippen MR) is 87.9 cm³/mol. The molecule has 1 aromatic heterocycles. The number of carbonyl (C=O) groups excluding carboxylic acids is 1. The summed E-state index contributed by atoms with van der Waals surface area (Å²) in [5.41, 5.74) is 2.29. The first-order valence-corrected chi connectivity index (χ1v) is 7.79. The van der Waals surface area contributed by atoms with E-state index in [1.807, 2.05) is 60.9 Å². The van der Waals surface area contributed by atoms with E-state index in [0.29, 0.717) is 5.56 Å².